The molecule has 0 amide bonds. The van der Waals surface area contributed by atoms with Crippen LogP contribution in [0.25, 0.3) is 0 Å². The van der Waals surface area contributed by atoms with Gasteiger partial charge in [0.2, 0.25) is 0 Å². The Balaban J connectivity index is 1.52. The summed E-state index contributed by atoms with van der Waals surface area (Å²) >= 11 is 0. The van der Waals surface area contributed by atoms with E-state index >= 15 is 0 Å². The summed E-state index contributed by atoms with van der Waals surface area (Å²) in [5, 5.41) is 3.65. The van der Waals surface area contributed by atoms with Gasteiger partial charge in [-0.1, -0.05) is 6.07 Å². The molecular formula is C16H25N3O. The Bertz CT molecular complexity index is 479. The van der Waals surface area contributed by atoms with Crippen LogP contribution in [-0.4, -0.2) is 41.7 Å². The van der Waals surface area contributed by atoms with E-state index in [4.69, 9.17) is 0 Å². The van der Waals surface area contributed by atoms with Crippen LogP contribution < -0.4 is 10.9 Å². The molecule has 20 heavy (non-hydrogen) atoms. The lowest BCUT2D eigenvalue weighted by Gasteiger charge is -2.35. The molecule has 1 aromatic heterocycles. The molecule has 110 valence electrons. The topological polar surface area (TPSA) is 37.3 Å². The molecule has 0 bridgehead atoms. The Morgan fingerprint density at radius 3 is 2.95 bits per heavy atom. The number of rotatable bonds is 4. The zero-order valence-electron chi connectivity index (χ0n) is 12.1. The third kappa shape index (κ3) is 3.30. The summed E-state index contributed by atoms with van der Waals surface area (Å²) in [5.41, 5.74) is 0.110. The Hall–Kier alpha value is -1.13. The number of nitrogens with one attached hydrogen (secondary N) is 1. The van der Waals surface area contributed by atoms with Gasteiger partial charge < -0.3 is 14.8 Å². The second kappa shape index (κ2) is 6.55. The molecule has 3 heterocycles. The van der Waals surface area contributed by atoms with Gasteiger partial charge in [-0.15, -0.1) is 0 Å². The minimum absolute atomic E-state index is 0.110. The first kappa shape index (κ1) is 13.8. The van der Waals surface area contributed by atoms with Gasteiger partial charge in [-0.25, -0.2) is 0 Å². The van der Waals surface area contributed by atoms with Crippen LogP contribution in [0, 0.1) is 5.92 Å². The average molecular weight is 275 g/mol. The van der Waals surface area contributed by atoms with Crippen LogP contribution in [0.1, 0.15) is 25.7 Å². The maximum absolute atomic E-state index is 11.7. The third-order valence-electron chi connectivity index (χ3n) is 4.77. The van der Waals surface area contributed by atoms with Gasteiger partial charge >= 0.3 is 0 Å². The highest BCUT2D eigenvalue weighted by Gasteiger charge is 2.28. The molecule has 4 nitrogen and oxygen atoms in total. The molecule has 4 heteroatoms. The summed E-state index contributed by atoms with van der Waals surface area (Å²) in [6.07, 6.45) is 7.23. The summed E-state index contributed by atoms with van der Waals surface area (Å²) in [7, 11) is 0. The van der Waals surface area contributed by atoms with Crippen molar-refractivity contribution in [3.8, 4) is 0 Å². The van der Waals surface area contributed by atoms with Crippen LogP contribution in [-0.2, 0) is 6.54 Å². The number of hydrogen-bond donors (Lipinski definition) is 1. The maximum Gasteiger partial charge on any atom is 0.250 e. The molecule has 1 N–H and O–H groups in total. The maximum atomic E-state index is 11.7. The number of likely N-dealkylation sites (tertiary alicyclic amines) is 1. The lowest BCUT2D eigenvalue weighted by atomic mass is 9.90. The van der Waals surface area contributed by atoms with E-state index in [0.717, 1.165) is 25.0 Å². The summed E-state index contributed by atoms with van der Waals surface area (Å²) in [6.45, 7) is 5.38. The van der Waals surface area contributed by atoms with Gasteiger partial charge in [-0.05, 0) is 50.8 Å². The number of aromatic nitrogens is 1. The largest absolute Gasteiger partial charge is 0.314 e. The fourth-order valence-electron chi connectivity index (χ4n) is 3.63. The van der Waals surface area contributed by atoms with Gasteiger partial charge in [0.05, 0.1) is 0 Å². The molecule has 2 atom stereocenters. The number of piperidine rings is 1. The number of pyridine rings is 1. The Labute approximate surface area is 120 Å². The van der Waals surface area contributed by atoms with Crippen LogP contribution in [0.4, 0.5) is 0 Å². The van der Waals surface area contributed by atoms with Crippen molar-refractivity contribution in [3.05, 3.63) is 34.7 Å². The highest BCUT2D eigenvalue weighted by molar-refractivity contribution is 4.93. The minimum atomic E-state index is 0.110. The van der Waals surface area contributed by atoms with Crippen molar-refractivity contribution in [2.75, 3.05) is 26.2 Å². The van der Waals surface area contributed by atoms with Gasteiger partial charge in [-0.2, -0.15) is 0 Å². The van der Waals surface area contributed by atoms with E-state index in [2.05, 4.69) is 10.2 Å². The molecule has 2 fully saturated rings. The van der Waals surface area contributed by atoms with Crippen molar-refractivity contribution in [1.82, 2.24) is 14.8 Å². The minimum Gasteiger partial charge on any atom is -0.314 e. The van der Waals surface area contributed by atoms with Gasteiger partial charge in [0.25, 0.3) is 5.56 Å². The molecule has 1 aromatic rings. The highest BCUT2D eigenvalue weighted by atomic mass is 16.1. The van der Waals surface area contributed by atoms with E-state index in [1.165, 1.54) is 45.3 Å². The summed E-state index contributed by atoms with van der Waals surface area (Å²) in [4.78, 5) is 14.2. The van der Waals surface area contributed by atoms with Gasteiger partial charge in [0, 0.05) is 37.9 Å². The summed E-state index contributed by atoms with van der Waals surface area (Å²) in [6, 6.07) is 6.11. The second-order valence-corrected chi connectivity index (χ2v) is 6.14. The number of nitrogens with zero attached hydrogens (tertiary/aromatic N) is 2. The molecule has 0 aromatic carbocycles. The molecular weight excluding hydrogens is 250 g/mol. The van der Waals surface area contributed by atoms with E-state index in [-0.39, 0.29) is 5.56 Å². The highest BCUT2D eigenvalue weighted by Crippen LogP contribution is 2.24. The monoisotopic (exact) mass is 275 g/mol. The van der Waals surface area contributed by atoms with Crippen molar-refractivity contribution in [2.45, 2.75) is 38.3 Å². The fourth-order valence-corrected chi connectivity index (χ4v) is 3.63. The second-order valence-electron chi connectivity index (χ2n) is 6.14. The first-order chi connectivity index (χ1) is 9.83. The van der Waals surface area contributed by atoms with Crippen molar-refractivity contribution < 1.29 is 0 Å². The Kier molecular flexibility index (Phi) is 4.53. The predicted molar refractivity (Wildman–Crippen MR) is 80.9 cm³/mol. The van der Waals surface area contributed by atoms with E-state index in [0.29, 0.717) is 0 Å². The molecule has 2 saturated heterocycles. The van der Waals surface area contributed by atoms with Gasteiger partial charge in [-0.3, -0.25) is 4.79 Å². The van der Waals surface area contributed by atoms with Crippen LogP contribution in [0.5, 0.6) is 0 Å². The van der Waals surface area contributed by atoms with Crippen LogP contribution in [0.2, 0.25) is 0 Å². The first-order valence-electron chi connectivity index (χ1n) is 7.94. The molecule has 2 unspecified atom stereocenters. The third-order valence-corrected chi connectivity index (χ3v) is 4.77. The Morgan fingerprint density at radius 1 is 1.20 bits per heavy atom. The summed E-state index contributed by atoms with van der Waals surface area (Å²) < 4.78 is 1.82. The Morgan fingerprint density at radius 2 is 2.15 bits per heavy atom. The van der Waals surface area contributed by atoms with Crippen LogP contribution >= 0.6 is 0 Å². The molecule has 3 rings (SSSR count). The van der Waals surface area contributed by atoms with Gasteiger partial charge in [0.1, 0.15) is 0 Å². The molecule has 0 spiro atoms. The lowest BCUT2D eigenvalue weighted by molar-refractivity contribution is 0.147. The molecule has 2 aliphatic heterocycles. The standard InChI is InChI=1S/C16H25N3O/c20-16-7-1-2-10-19(16)12-11-18-9-4-5-14(13-18)15-6-3-8-17-15/h1-2,7,10,14-15,17H,3-6,8-9,11-13H2. The fraction of sp³-hybridized carbons (Fsp3) is 0.688. The van der Waals surface area contributed by atoms with E-state index in [9.17, 15) is 4.79 Å². The average Bonchev–Trinajstić information content (AvgIpc) is 3.01. The van der Waals surface area contributed by atoms with E-state index in [1.807, 2.05) is 22.9 Å². The normalized spacial score (nSPS) is 27.8. The van der Waals surface area contributed by atoms with Crippen LogP contribution in [0.3, 0.4) is 0 Å². The zero-order valence-corrected chi connectivity index (χ0v) is 12.1. The SMILES string of the molecule is O=c1ccccn1CCN1CCCC(C2CCCN2)C1. The van der Waals surface area contributed by atoms with Gasteiger partial charge in [0.15, 0.2) is 0 Å². The van der Waals surface area contributed by atoms with E-state index < -0.39 is 0 Å². The van der Waals surface area contributed by atoms with E-state index in [1.54, 1.807) is 6.07 Å². The zero-order chi connectivity index (χ0) is 13.8. The quantitative estimate of drug-likeness (QED) is 0.900. The van der Waals surface area contributed by atoms with Crippen molar-refractivity contribution >= 4 is 0 Å². The van der Waals surface area contributed by atoms with Crippen LogP contribution in [0.15, 0.2) is 29.2 Å². The number of hydrogen-bond acceptors (Lipinski definition) is 3. The van der Waals surface area contributed by atoms with Crippen molar-refractivity contribution in [2.24, 2.45) is 5.92 Å². The molecule has 0 saturated carbocycles. The first-order valence-corrected chi connectivity index (χ1v) is 7.94. The molecule has 0 aliphatic carbocycles. The summed E-state index contributed by atoms with van der Waals surface area (Å²) in [5.74, 6) is 0.804. The predicted octanol–water partition coefficient (Wildman–Crippen LogP) is 1.31. The molecule has 2 aliphatic rings. The molecule has 0 radical (unpaired) electrons. The van der Waals surface area contributed by atoms with Crippen molar-refractivity contribution in [3.63, 3.8) is 0 Å². The van der Waals surface area contributed by atoms with Crippen molar-refractivity contribution in [1.29, 1.82) is 0 Å². The smallest absolute Gasteiger partial charge is 0.250 e. The lowest BCUT2D eigenvalue weighted by Crippen LogP contribution is -2.44.